The van der Waals surface area contributed by atoms with E-state index >= 15 is 0 Å². The second-order valence-electron chi connectivity index (χ2n) is 2.82. The molecular weight excluding hydrogens is 234 g/mol. The van der Waals surface area contributed by atoms with E-state index in [4.69, 9.17) is 28.5 Å². The molecule has 0 spiro atoms. The van der Waals surface area contributed by atoms with E-state index < -0.39 is 5.91 Å². The maximum absolute atomic E-state index is 10.8. The number of hydrogen-bond donors (Lipinski definition) is 3. The molecule has 0 aliphatic heterocycles. The highest BCUT2D eigenvalue weighted by Gasteiger charge is 2.06. The first-order chi connectivity index (χ1) is 7.00. The molecule has 0 aliphatic rings. The van der Waals surface area contributed by atoms with Crippen LogP contribution >= 0.6 is 23.4 Å². The van der Waals surface area contributed by atoms with E-state index in [1.54, 1.807) is 12.1 Å². The maximum Gasteiger partial charge on any atom is 0.248 e. The number of carbonyl (C=O) groups excluding carboxylic acids is 1. The molecule has 0 saturated carbocycles. The van der Waals surface area contributed by atoms with Crippen molar-refractivity contribution in [1.82, 2.24) is 0 Å². The van der Waals surface area contributed by atoms with Crippen molar-refractivity contribution in [3.8, 4) is 0 Å². The second-order valence-corrected chi connectivity index (χ2v) is 4.25. The zero-order chi connectivity index (χ0) is 11.4. The van der Waals surface area contributed by atoms with E-state index in [0.29, 0.717) is 16.3 Å². The largest absolute Gasteiger partial charge is 0.379 e. The SMILES string of the molecule is N=C(N)SCc1ccc(C(N)=O)cc1Cl. The first-order valence-electron chi connectivity index (χ1n) is 4.05. The van der Waals surface area contributed by atoms with Crippen LogP contribution in [-0.4, -0.2) is 11.1 Å². The van der Waals surface area contributed by atoms with Crippen molar-refractivity contribution in [2.45, 2.75) is 5.75 Å². The number of rotatable bonds is 3. The third kappa shape index (κ3) is 3.45. The van der Waals surface area contributed by atoms with Crippen LogP contribution in [0.25, 0.3) is 0 Å². The molecule has 1 amide bonds. The van der Waals surface area contributed by atoms with Crippen molar-refractivity contribution in [3.63, 3.8) is 0 Å². The molecule has 0 aromatic heterocycles. The van der Waals surface area contributed by atoms with Gasteiger partial charge in [-0.05, 0) is 17.7 Å². The van der Waals surface area contributed by atoms with Crippen LogP contribution in [-0.2, 0) is 5.75 Å². The van der Waals surface area contributed by atoms with Gasteiger partial charge in [-0.15, -0.1) is 0 Å². The predicted octanol–water partition coefficient (Wildman–Crippen LogP) is 1.57. The minimum absolute atomic E-state index is 0.0324. The molecule has 0 unspecified atom stereocenters. The number of primary amides is 1. The molecule has 0 atom stereocenters. The lowest BCUT2D eigenvalue weighted by molar-refractivity contribution is 0.100. The number of nitrogens with two attached hydrogens (primary N) is 2. The summed E-state index contributed by atoms with van der Waals surface area (Å²) in [6.07, 6.45) is 0. The summed E-state index contributed by atoms with van der Waals surface area (Å²) in [4.78, 5) is 10.8. The lowest BCUT2D eigenvalue weighted by Gasteiger charge is -2.04. The lowest BCUT2D eigenvalue weighted by Crippen LogP contribution is -2.11. The summed E-state index contributed by atoms with van der Waals surface area (Å²) < 4.78 is 0. The van der Waals surface area contributed by atoms with Gasteiger partial charge in [0.1, 0.15) is 0 Å². The van der Waals surface area contributed by atoms with E-state index in [0.717, 1.165) is 5.56 Å². The Morgan fingerprint density at radius 3 is 2.60 bits per heavy atom. The number of amides is 1. The van der Waals surface area contributed by atoms with Crippen LogP contribution in [0.15, 0.2) is 18.2 Å². The van der Waals surface area contributed by atoms with E-state index in [1.807, 2.05) is 0 Å². The molecule has 4 nitrogen and oxygen atoms in total. The van der Waals surface area contributed by atoms with E-state index in [2.05, 4.69) is 0 Å². The van der Waals surface area contributed by atoms with Crippen molar-refractivity contribution in [2.75, 3.05) is 0 Å². The summed E-state index contributed by atoms with van der Waals surface area (Å²) in [6.45, 7) is 0. The van der Waals surface area contributed by atoms with Gasteiger partial charge in [0.2, 0.25) is 5.91 Å². The molecule has 0 saturated heterocycles. The average molecular weight is 244 g/mol. The van der Waals surface area contributed by atoms with Crippen molar-refractivity contribution in [2.24, 2.45) is 11.5 Å². The molecule has 15 heavy (non-hydrogen) atoms. The van der Waals surface area contributed by atoms with Gasteiger partial charge in [-0.1, -0.05) is 29.4 Å². The third-order valence-corrected chi connectivity index (χ3v) is 2.84. The Kier molecular flexibility index (Phi) is 3.99. The van der Waals surface area contributed by atoms with E-state index in [9.17, 15) is 4.79 Å². The molecule has 1 aromatic carbocycles. The second kappa shape index (κ2) is 5.04. The minimum Gasteiger partial charge on any atom is -0.379 e. The van der Waals surface area contributed by atoms with Gasteiger partial charge in [-0.2, -0.15) is 0 Å². The lowest BCUT2D eigenvalue weighted by atomic mass is 10.1. The fourth-order valence-corrected chi connectivity index (χ4v) is 1.86. The fraction of sp³-hybridized carbons (Fsp3) is 0.111. The Bertz CT molecular complexity index is 408. The number of halogens is 1. The number of benzene rings is 1. The van der Waals surface area contributed by atoms with Gasteiger partial charge < -0.3 is 11.5 Å². The van der Waals surface area contributed by atoms with Crippen LogP contribution in [0.1, 0.15) is 15.9 Å². The molecule has 1 aromatic rings. The van der Waals surface area contributed by atoms with Gasteiger partial charge in [0.15, 0.2) is 5.17 Å². The van der Waals surface area contributed by atoms with Crippen molar-refractivity contribution in [3.05, 3.63) is 34.3 Å². The predicted molar refractivity (Wildman–Crippen MR) is 63.2 cm³/mol. The molecule has 80 valence electrons. The van der Waals surface area contributed by atoms with Crippen LogP contribution in [0.5, 0.6) is 0 Å². The van der Waals surface area contributed by atoms with Crippen LogP contribution in [0, 0.1) is 5.41 Å². The molecule has 0 heterocycles. The summed E-state index contributed by atoms with van der Waals surface area (Å²) in [5.74, 6) is -0.00426. The molecular formula is C9H10ClN3OS. The molecule has 0 radical (unpaired) electrons. The average Bonchev–Trinajstić information content (AvgIpc) is 2.15. The van der Waals surface area contributed by atoms with Gasteiger partial charge in [-0.3, -0.25) is 10.2 Å². The van der Waals surface area contributed by atoms with Crippen LogP contribution < -0.4 is 11.5 Å². The summed E-state index contributed by atoms with van der Waals surface area (Å²) in [7, 11) is 0. The Hall–Kier alpha value is -1.20. The van der Waals surface area contributed by atoms with Gasteiger partial charge in [0.05, 0.1) is 0 Å². The molecule has 0 aliphatic carbocycles. The fourth-order valence-electron chi connectivity index (χ4n) is 0.973. The molecule has 0 bridgehead atoms. The first kappa shape index (κ1) is 11.9. The smallest absolute Gasteiger partial charge is 0.248 e. The van der Waals surface area contributed by atoms with E-state index in [-0.39, 0.29) is 5.17 Å². The number of thioether (sulfide) groups is 1. The molecule has 0 fully saturated rings. The Morgan fingerprint density at radius 2 is 2.13 bits per heavy atom. The zero-order valence-corrected chi connectivity index (χ0v) is 9.36. The van der Waals surface area contributed by atoms with Gasteiger partial charge >= 0.3 is 0 Å². The van der Waals surface area contributed by atoms with Gasteiger partial charge in [0.25, 0.3) is 0 Å². The highest BCUT2D eigenvalue weighted by atomic mass is 35.5. The normalized spacial score (nSPS) is 9.93. The summed E-state index contributed by atoms with van der Waals surface area (Å²) in [6, 6.07) is 4.82. The first-order valence-corrected chi connectivity index (χ1v) is 5.42. The van der Waals surface area contributed by atoms with E-state index in [1.165, 1.54) is 17.8 Å². The highest BCUT2D eigenvalue weighted by molar-refractivity contribution is 8.13. The third-order valence-electron chi connectivity index (χ3n) is 1.72. The topological polar surface area (TPSA) is 93.0 Å². The number of amidine groups is 1. The quantitative estimate of drug-likeness (QED) is 0.556. The van der Waals surface area contributed by atoms with Crippen LogP contribution in [0.3, 0.4) is 0 Å². The van der Waals surface area contributed by atoms with Gasteiger partial charge in [0, 0.05) is 16.3 Å². The summed E-state index contributed by atoms with van der Waals surface area (Å²) in [5, 5.41) is 7.54. The van der Waals surface area contributed by atoms with Gasteiger partial charge in [-0.25, -0.2) is 0 Å². The maximum atomic E-state index is 10.8. The Balaban J connectivity index is 2.83. The molecule has 6 heteroatoms. The van der Waals surface area contributed by atoms with Crippen LogP contribution in [0.2, 0.25) is 5.02 Å². The number of hydrogen-bond acceptors (Lipinski definition) is 3. The van der Waals surface area contributed by atoms with Crippen molar-refractivity contribution in [1.29, 1.82) is 5.41 Å². The van der Waals surface area contributed by atoms with Crippen molar-refractivity contribution < 1.29 is 4.79 Å². The Morgan fingerprint density at radius 1 is 1.47 bits per heavy atom. The summed E-state index contributed by atoms with van der Waals surface area (Å²) in [5.41, 5.74) is 11.5. The highest BCUT2D eigenvalue weighted by Crippen LogP contribution is 2.22. The minimum atomic E-state index is -0.511. The number of nitrogens with one attached hydrogen (secondary N) is 1. The van der Waals surface area contributed by atoms with Crippen molar-refractivity contribution >= 4 is 34.4 Å². The monoisotopic (exact) mass is 243 g/mol. The zero-order valence-electron chi connectivity index (χ0n) is 7.79. The standard InChI is InChI=1S/C9H10ClN3OS/c10-7-3-5(8(11)14)1-2-6(7)4-15-9(12)13/h1-3H,4H2,(H2,11,14)(H3,12,13). The number of carbonyl (C=O) groups is 1. The van der Waals surface area contributed by atoms with Crippen LogP contribution in [0.4, 0.5) is 0 Å². The summed E-state index contributed by atoms with van der Waals surface area (Å²) >= 11 is 7.10. The molecule has 1 rings (SSSR count). The Labute approximate surface area is 96.5 Å². The molecule has 5 N–H and O–H groups in total.